The van der Waals surface area contributed by atoms with Crippen LogP contribution in [0, 0.1) is 5.92 Å². The molecule has 108 valence electrons. The van der Waals surface area contributed by atoms with Gasteiger partial charge in [0.2, 0.25) is 0 Å². The van der Waals surface area contributed by atoms with E-state index in [0.29, 0.717) is 6.04 Å². The summed E-state index contributed by atoms with van der Waals surface area (Å²) in [5, 5.41) is 12.2. The van der Waals surface area contributed by atoms with Gasteiger partial charge in [-0.15, -0.1) is 5.10 Å². The molecule has 1 fully saturated rings. The van der Waals surface area contributed by atoms with Crippen molar-refractivity contribution in [3.63, 3.8) is 0 Å². The predicted octanol–water partition coefficient (Wildman–Crippen LogP) is 3.09. The Balaban J connectivity index is 1.89. The van der Waals surface area contributed by atoms with Crippen molar-refractivity contribution >= 4 is 0 Å². The summed E-state index contributed by atoms with van der Waals surface area (Å²) in [6, 6.07) is 0.641. The Morgan fingerprint density at radius 1 is 1.26 bits per heavy atom. The maximum Gasteiger partial charge on any atom is 0.0965 e. The molecule has 0 aliphatic heterocycles. The van der Waals surface area contributed by atoms with Crippen LogP contribution in [-0.2, 0) is 12.1 Å². The molecule has 1 aliphatic rings. The average Bonchev–Trinajstić information content (AvgIpc) is 2.72. The molecule has 1 aromatic heterocycles. The molecule has 1 aromatic rings. The number of hydrogen-bond donors (Lipinski definition) is 1. The van der Waals surface area contributed by atoms with Crippen molar-refractivity contribution in [2.75, 3.05) is 0 Å². The van der Waals surface area contributed by atoms with Crippen molar-refractivity contribution in [3.8, 4) is 0 Å². The topological polar surface area (TPSA) is 42.7 Å². The van der Waals surface area contributed by atoms with Crippen LogP contribution in [0.5, 0.6) is 0 Å². The Morgan fingerprint density at radius 2 is 2.00 bits per heavy atom. The lowest BCUT2D eigenvalue weighted by molar-refractivity contribution is 0.346. The monoisotopic (exact) mass is 264 g/mol. The van der Waals surface area contributed by atoms with E-state index in [1.54, 1.807) is 0 Å². The van der Waals surface area contributed by atoms with Gasteiger partial charge in [0.1, 0.15) is 0 Å². The molecule has 4 heteroatoms. The Kier molecular flexibility index (Phi) is 4.61. The van der Waals surface area contributed by atoms with Gasteiger partial charge in [0.25, 0.3) is 0 Å². The second kappa shape index (κ2) is 6.04. The van der Waals surface area contributed by atoms with Crippen molar-refractivity contribution in [3.05, 3.63) is 11.9 Å². The van der Waals surface area contributed by atoms with Gasteiger partial charge < -0.3 is 5.32 Å². The molecule has 0 amide bonds. The van der Waals surface area contributed by atoms with E-state index in [9.17, 15) is 0 Å². The zero-order valence-electron chi connectivity index (χ0n) is 12.8. The number of rotatable bonds is 3. The fourth-order valence-electron chi connectivity index (χ4n) is 2.74. The van der Waals surface area contributed by atoms with Gasteiger partial charge in [-0.1, -0.05) is 31.4 Å². The SMILES string of the molecule is CC1CCCCCC1NCc1cn(C(C)(C)C)nn1. The standard InChI is InChI=1S/C15H28N4/c1-12-8-6-5-7-9-14(12)16-10-13-11-19(18-17-13)15(2,3)4/h11-12,14,16H,5-10H2,1-4H3. The van der Waals surface area contributed by atoms with E-state index in [1.807, 2.05) is 4.68 Å². The first-order chi connectivity index (χ1) is 8.97. The number of hydrogen-bond acceptors (Lipinski definition) is 3. The van der Waals surface area contributed by atoms with Crippen molar-refractivity contribution in [1.82, 2.24) is 20.3 Å². The fraction of sp³-hybridized carbons (Fsp3) is 0.867. The van der Waals surface area contributed by atoms with Crippen molar-refractivity contribution in [1.29, 1.82) is 0 Å². The second-order valence-corrected chi connectivity index (χ2v) is 6.93. The highest BCUT2D eigenvalue weighted by molar-refractivity contribution is 4.95. The lowest BCUT2D eigenvalue weighted by Crippen LogP contribution is -2.33. The first-order valence-corrected chi connectivity index (χ1v) is 7.62. The molecule has 1 heterocycles. The summed E-state index contributed by atoms with van der Waals surface area (Å²) < 4.78 is 1.94. The van der Waals surface area contributed by atoms with E-state index in [-0.39, 0.29) is 5.54 Å². The van der Waals surface area contributed by atoms with Gasteiger partial charge in [0, 0.05) is 12.6 Å². The first-order valence-electron chi connectivity index (χ1n) is 7.62. The Hall–Kier alpha value is -0.900. The molecule has 0 bridgehead atoms. The molecule has 1 N–H and O–H groups in total. The van der Waals surface area contributed by atoms with Gasteiger partial charge in [0.15, 0.2) is 0 Å². The van der Waals surface area contributed by atoms with Crippen LogP contribution in [0.25, 0.3) is 0 Å². The van der Waals surface area contributed by atoms with E-state index < -0.39 is 0 Å². The first kappa shape index (κ1) is 14.5. The third-order valence-electron chi connectivity index (χ3n) is 4.13. The maximum absolute atomic E-state index is 4.27. The van der Waals surface area contributed by atoms with E-state index in [0.717, 1.165) is 18.2 Å². The minimum absolute atomic E-state index is 0.0147. The van der Waals surface area contributed by atoms with Crippen LogP contribution in [0.15, 0.2) is 6.20 Å². The van der Waals surface area contributed by atoms with Gasteiger partial charge in [-0.2, -0.15) is 0 Å². The van der Waals surface area contributed by atoms with Gasteiger partial charge in [-0.05, 0) is 39.5 Å². The highest BCUT2D eigenvalue weighted by Gasteiger charge is 2.20. The van der Waals surface area contributed by atoms with Crippen molar-refractivity contribution < 1.29 is 0 Å². The molecule has 2 rings (SSSR count). The minimum atomic E-state index is 0.0147. The summed E-state index contributed by atoms with van der Waals surface area (Å²) in [6.07, 6.45) is 8.86. The van der Waals surface area contributed by atoms with Crippen molar-refractivity contribution in [2.45, 2.75) is 77.9 Å². The summed E-state index contributed by atoms with van der Waals surface area (Å²) in [4.78, 5) is 0. The number of nitrogens with zero attached hydrogens (tertiary/aromatic N) is 3. The third kappa shape index (κ3) is 4.03. The molecule has 0 aromatic carbocycles. The van der Waals surface area contributed by atoms with E-state index in [2.05, 4.69) is 49.5 Å². The molecule has 2 atom stereocenters. The van der Waals surface area contributed by atoms with Crippen LogP contribution in [-0.4, -0.2) is 21.0 Å². The third-order valence-corrected chi connectivity index (χ3v) is 4.13. The highest BCUT2D eigenvalue weighted by Crippen LogP contribution is 2.23. The lowest BCUT2D eigenvalue weighted by Gasteiger charge is -2.22. The van der Waals surface area contributed by atoms with Gasteiger partial charge in [-0.25, -0.2) is 4.68 Å². The largest absolute Gasteiger partial charge is 0.308 e. The lowest BCUT2D eigenvalue weighted by atomic mass is 9.97. The number of aromatic nitrogens is 3. The molecular weight excluding hydrogens is 236 g/mol. The molecule has 19 heavy (non-hydrogen) atoms. The normalized spacial score (nSPS) is 25.3. The van der Waals surface area contributed by atoms with Crippen molar-refractivity contribution in [2.24, 2.45) is 5.92 Å². The Labute approximate surface area is 117 Å². The van der Waals surface area contributed by atoms with Gasteiger partial charge in [-0.3, -0.25) is 0 Å². The summed E-state index contributed by atoms with van der Waals surface area (Å²) in [5.41, 5.74) is 1.06. The summed E-state index contributed by atoms with van der Waals surface area (Å²) in [5.74, 6) is 0.778. The van der Waals surface area contributed by atoms with Crippen LogP contribution < -0.4 is 5.32 Å². The maximum atomic E-state index is 4.27. The summed E-state index contributed by atoms with van der Waals surface area (Å²) in [6.45, 7) is 9.64. The Morgan fingerprint density at radius 3 is 2.68 bits per heavy atom. The predicted molar refractivity (Wildman–Crippen MR) is 77.9 cm³/mol. The molecule has 1 saturated carbocycles. The molecule has 4 nitrogen and oxygen atoms in total. The minimum Gasteiger partial charge on any atom is -0.308 e. The van der Waals surface area contributed by atoms with Gasteiger partial charge in [0.05, 0.1) is 17.4 Å². The van der Waals surface area contributed by atoms with E-state index in [1.165, 1.54) is 32.1 Å². The van der Waals surface area contributed by atoms with Crippen LogP contribution in [0.3, 0.4) is 0 Å². The highest BCUT2D eigenvalue weighted by atomic mass is 15.4. The molecule has 1 aliphatic carbocycles. The van der Waals surface area contributed by atoms with Crippen LogP contribution in [0.1, 0.15) is 65.5 Å². The fourth-order valence-corrected chi connectivity index (χ4v) is 2.74. The number of nitrogens with one attached hydrogen (secondary N) is 1. The molecular formula is C15H28N4. The average molecular weight is 264 g/mol. The second-order valence-electron chi connectivity index (χ2n) is 6.93. The van der Waals surface area contributed by atoms with Crippen LogP contribution >= 0.6 is 0 Å². The quantitative estimate of drug-likeness (QED) is 0.853. The zero-order chi connectivity index (χ0) is 13.9. The van der Waals surface area contributed by atoms with E-state index >= 15 is 0 Å². The van der Waals surface area contributed by atoms with Crippen LogP contribution in [0.2, 0.25) is 0 Å². The smallest absolute Gasteiger partial charge is 0.0965 e. The Bertz CT molecular complexity index is 391. The summed E-state index contributed by atoms with van der Waals surface area (Å²) >= 11 is 0. The summed E-state index contributed by atoms with van der Waals surface area (Å²) in [7, 11) is 0. The van der Waals surface area contributed by atoms with E-state index in [4.69, 9.17) is 0 Å². The molecule has 0 saturated heterocycles. The molecule has 2 unspecified atom stereocenters. The zero-order valence-corrected chi connectivity index (χ0v) is 12.8. The van der Waals surface area contributed by atoms with Crippen LogP contribution in [0.4, 0.5) is 0 Å². The molecule has 0 radical (unpaired) electrons. The van der Waals surface area contributed by atoms with Gasteiger partial charge >= 0.3 is 0 Å². The molecule has 0 spiro atoms.